The minimum absolute atomic E-state index is 0.185. The number of nitrogens with one attached hydrogen (secondary N) is 2. The Morgan fingerprint density at radius 1 is 1.40 bits per heavy atom. The van der Waals surface area contributed by atoms with Crippen LogP contribution < -0.4 is 10.6 Å². The maximum absolute atomic E-state index is 12.3. The van der Waals surface area contributed by atoms with Gasteiger partial charge in [0.25, 0.3) is 5.91 Å². The zero-order chi connectivity index (χ0) is 14.1. The second-order valence-corrected chi connectivity index (χ2v) is 5.87. The van der Waals surface area contributed by atoms with Gasteiger partial charge in [-0.3, -0.25) is 9.69 Å². The number of hydrogen-bond acceptors (Lipinski definition) is 4. The van der Waals surface area contributed by atoms with Gasteiger partial charge < -0.3 is 10.6 Å². The van der Waals surface area contributed by atoms with Gasteiger partial charge in [0.2, 0.25) is 0 Å². The van der Waals surface area contributed by atoms with Gasteiger partial charge >= 0.3 is 0 Å². The first kappa shape index (κ1) is 13.6. The molecule has 1 aliphatic heterocycles. The molecule has 5 nitrogen and oxygen atoms in total. The van der Waals surface area contributed by atoms with Gasteiger partial charge in [0.1, 0.15) is 11.5 Å². The van der Waals surface area contributed by atoms with Gasteiger partial charge in [0.15, 0.2) is 0 Å². The number of carbonyl (C=O) groups excluding carboxylic acids is 1. The molecule has 2 heterocycles. The van der Waals surface area contributed by atoms with E-state index < -0.39 is 0 Å². The van der Waals surface area contributed by atoms with E-state index in [1.807, 2.05) is 0 Å². The third-order valence-electron chi connectivity index (χ3n) is 3.94. The Labute approximate surface area is 123 Å². The summed E-state index contributed by atoms with van der Waals surface area (Å²) in [6, 6.07) is 4.41. The molecule has 1 amide bonds. The number of anilines is 1. The number of halogens is 1. The fourth-order valence-electron chi connectivity index (χ4n) is 2.67. The first-order valence-electron chi connectivity index (χ1n) is 7.06. The Bertz CT molecular complexity index is 518. The van der Waals surface area contributed by atoms with E-state index in [0.29, 0.717) is 16.5 Å². The summed E-state index contributed by atoms with van der Waals surface area (Å²) >= 11 is 6.06. The van der Waals surface area contributed by atoms with Crippen LogP contribution in [0.2, 0.25) is 5.02 Å². The summed E-state index contributed by atoms with van der Waals surface area (Å²) in [4.78, 5) is 19.0. The van der Waals surface area contributed by atoms with Crippen LogP contribution in [0.3, 0.4) is 0 Å². The van der Waals surface area contributed by atoms with E-state index in [1.165, 1.54) is 12.8 Å². The molecule has 1 aromatic rings. The highest BCUT2D eigenvalue weighted by Gasteiger charge is 2.35. The van der Waals surface area contributed by atoms with E-state index in [1.54, 1.807) is 19.2 Å². The summed E-state index contributed by atoms with van der Waals surface area (Å²) in [5.41, 5.74) is 0.295. The van der Waals surface area contributed by atoms with Crippen LogP contribution in [-0.2, 0) is 0 Å². The number of rotatable bonds is 4. The van der Waals surface area contributed by atoms with Crippen molar-refractivity contribution in [3.8, 4) is 0 Å². The predicted molar refractivity (Wildman–Crippen MR) is 79.3 cm³/mol. The second-order valence-electron chi connectivity index (χ2n) is 5.46. The van der Waals surface area contributed by atoms with Gasteiger partial charge in [-0.1, -0.05) is 11.6 Å². The minimum atomic E-state index is -0.185. The van der Waals surface area contributed by atoms with E-state index in [0.717, 1.165) is 25.6 Å². The van der Waals surface area contributed by atoms with Gasteiger partial charge in [-0.15, -0.1) is 0 Å². The third-order valence-corrected chi connectivity index (χ3v) is 4.24. The molecule has 1 atom stereocenters. The minimum Gasteiger partial charge on any atom is -0.373 e. The number of carbonyl (C=O) groups is 1. The molecule has 0 radical (unpaired) electrons. The van der Waals surface area contributed by atoms with Crippen molar-refractivity contribution >= 4 is 23.3 Å². The number of aromatic nitrogens is 1. The van der Waals surface area contributed by atoms with Crippen LogP contribution in [0.15, 0.2) is 12.1 Å². The Hall–Kier alpha value is -1.33. The lowest BCUT2D eigenvalue weighted by molar-refractivity contribution is 0.0933. The van der Waals surface area contributed by atoms with Crippen LogP contribution in [0.4, 0.5) is 5.82 Å². The first-order valence-corrected chi connectivity index (χ1v) is 7.44. The molecule has 1 unspecified atom stereocenters. The van der Waals surface area contributed by atoms with Crippen LogP contribution >= 0.6 is 11.6 Å². The molecule has 0 spiro atoms. The molecule has 6 heteroatoms. The molecule has 0 bridgehead atoms. The Morgan fingerprint density at radius 2 is 2.20 bits per heavy atom. The summed E-state index contributed by atoms with van der Waals surface area (Å²) in [7, 11) is 1.77. The summed E-state index contributed by atoms with van der Waals surface area (Å²) in [6.07, 6.45) is 3.61. The lowest BCUT2D eigenvalue weighted by Gasteiger charge is -2.16. The van der Waals surface area contributed by atoms with Crippen LogP contribution in [-0.4, -0.2) is 48.0 Å². The largest absolute Gasteiger partial charge is 0.373 e. The molecule has 2 N–H and O–H groups in total. The molecule has 3 rings (SSSR count). The fourth-order valence-corrected chi connectivity index (χ4v) is 2.86. The lowest BCUT2D eigenvalue weighted by Crippen LogP contribution is -2.38. The van der Waals surface area contributed by atoms with Crippen molar-refractivity contribution in [3.63, 3.8) is 0 Å². The zero-order valence-electron chi connectivity index (χ0n) is 11.5. The predicted octanol–water partition coefficient (Wildman–Crippen LogP) is 1.74. The maximum atomic E-state index is 12.3. The van der Waals surface area contributed by atoms with Crippen molar-refractivity contribution in [3.05, 3.63) is 22.8 Å². The monoisotopic (exact) mass is 294 g/mol. The first-order chi connectivity index (χ1) is 9.67. The van der Waals surface area contributed by atoms with Gasteiger partial charge in [0.05, 0.1) is 5.02 Å². The molecule has 1 aromatic heterocycles. The smallest absolute Gasteiger partial charge is 0.271 e. The quantitative estimate of drug-likeness (QED) is 0.888. The van der Waals surface area contributed by atoms with Crippen LogP contribution in [0.5, 0.6) is 0 Å². The van der Waals surface area contributed by atoms with Crippen molar-refractivity contribution in [2.75, 3.05) is 25.5 Å². The highest BCUT2D eigenvalue weighted by molar-refractivity contribution is 6.33. The van der Waals surface area contributed by atoms with Crippen molar-refractivity contribution in [2.24, 2.45) is 0 Å². The van der Waals surface area contributed by atoms with Gasteiger partial charge in [0, 0.05) is 32.2 Å². The molecule has 108 valence electrons. The van der Waals surface area contributed by atoms with Gasteiger partial charge in [-0.05, 0) is 31.4 Å². The SMILES string of the molecule is CNc1ccc(Cl)c(C(=O)NC2CCN(C3CC3)C2)n1. The molecule has 2 aliphatic rings. The summed E-state index contributed by atoms with van der Waals surface area (Å²) < 4.78 is 0. The maximum Gasteiger partial charge on any atom is 0.271 e. The number of hydrogen-bond donors (Lipinski definition) is 2. The number of nitrogens with zero attached hydrogens (tertiary/aromatic N) is 2. The molecule has 20 heavy (non-hydrogen) atoms. The van der Waals surface area contributed by atoms with Crippen molar-refractivity contribution in [1.29, 1.82) is 0 Å². The van der Waals surface area contributed by atoms with Gasteiger partial charge in [-0.2, -0.15) is 0 Å². The van der Waals surface area contributed by atoms with Crippen molar-refractivity contribution in [1.82, 2.24) is 15.2 Å². The highest BCUT2D eigenvalue weighted by atomic mass is 35.5. The number of likely N-dealkylation sites (tertiary alicyclic amines) is 1. The lowest BCUT2D eigenvalue weighted by atomic mass is 10.2. The van der Waals surface area contributed by atoms with Crippen LogP contribution in [0.1, 0.15) is 29.8 Å². The normalized spacial score (nSPS) is 22.8. The van der Waals surface area contributed by atoms with E-state index >= 15 is 0 Å². The topological polar surface area (TPSA) is 57.3 Å². The Balaban J connectivity index is 1.64. The number of pyridine rings is 1. The van der Waals surface area contributed by atoms with Crippen LogP contribution in [0.25, 0.3) is 0 Å². The average molecular weight is 295 g/mol. The van der Waals surface area contributed by atoms with Crippen LogP contribution in [0, 0.1) is 0 Å². The highest BCUT2D eigenvalue weighted by Crippen LogP contribution is 2.29. The standard InChI is InChI=1S/C14H19ClN4O/c1-16-12-5-4-11(15)13(18-12)14(20)17-9-6-7-19(8-9)10-2-3-10/h4-5,9-10H,2-3,6-8H2,1H3,(H,16,18)(H,17,20). The third kappa shape index (κ3) is 2.88. The van der Waals surface area contributed by atoms with Gasteiger partial charge in [-0.25, -0.2) is 4.98 Å². The second kappa shape index (κ2) is 5.58. The Kier molecular flexibility index (Phi) is 3.81. The molecular weight excluding hydrogens is 276 g/mol. The van der Waals surface area contributed by atoms with E-state index in [4.69, 9.17) is 11.6 Å². The molecule has 1 saturated heterocycles. The fraction of sp³-hybridized carbons (Fsp3) is 0.571. The summed E-state index contributed by atoms with van der Waals surface area (Å²) in [5, 5.41) is 6.35. The van der Waals surface area contributed by atoms with Crippen molar-refractivity contribution in [2.45, 2.75) is 31.3 Å². The van der Waals surface area contributed by atoms with E-state index in [-0.39, 0.29) is 11.9 Å². The molecule has 2 fully saturated rings. The number of amides is 1. The van der Waals surface area contributed by atoms with E-state index in [9.17, 15) is 4.79 Å². The molecular formula is C14H19ClN4O. The summed E-state index contributed by atoms with van der Waals surface area (Å²) in [5.74, 6) is 0.459. The van der Waals surface area contributed by atoms with E-state index in [2.05, 4.69) is 20.5 Å². The molecule has 1 aliphatic carbocycles. The molecule has 1 saturated carbocycles. The van der Waals surface area contributed by atoms with Crippen molar-refractivity contribution < 1.29 is 4.79 Å². The molecule has 0 aromatic carbocycles. The average Bonchev–Trinajstić information content (AvgIpc) is 3.20. The Morgan fingerprint density at radius 3 is 2.90 bits per heavy atom. The zero-order valence-corrected chi connectivity index (χ0v) is 12.3. The summed E-state index contributed by atoms with van der Waals surface area (Å²) in [6.45, 7) is 2.02.